The first-order valence-electron chi connectivity index (χ1n) is 7.08. The molecule has 19 heavy (non-hydrogen) atoms. The number of para-hydroxylation sites is 2. The number of aromatic nitrogens is 2. The highest BCUT2D eigenvalue weighted by molar-refractivity contribution is 5.75. The molecule has 2 aromatic rings. The van der Waals surface area contributed by atoms with Gasteiger partial charge in [0.25, 0.3) is 0 Å². The lowest BCUT2D eigenvalue weighted by atomic mass is 10.2. The van der Waals surface area contributed by atoms with Crippen LogP contribution in [0.5, 0.6) is 0 Å². The van der Waals surface area contributed by atoms with Gasteiger partial charge in [-0.15, -0.1) is 0 Å². The third kappa shape index (κ3) is 2.80. The Kier molecular flexibility index (Phi) is 3.80. The molecule has 0 amide bonds. The van der Waals surface area contributed by atoms with E-state index in [1.165, 1.54) is 18.4 Å². The van der Waals surface area contributed by atoms with Crippen LogP contribution >= 0.6 is 0 Å². The second-order valence-electron chi connectivity index (χ2n) is 5.28. The van der Waals surface area contributed by atoms with Crippen molar-refractivity contribution < 1.29 is 4.74 Å². The predicted octanol–water partition coefficient (Wildman–Crippen LogP) is 2.37. The molecule has 1 fully saturated rings. The van der Waals surface area contributed by atoms with E-state index >= 15 is 0 Å². The minimum absolute atomic E-state index is 0.397. The molecule has 0 saturated carbocycles. The van der Waals surface area contributed by atoms with Gasteiger partial charge in [0.2, 0.25) is 0 Å². The van der Waals surface area contributed by atoms with E-state index in [-0.39, 0.29) is 0 Å². The summed E-state index contributed by atoms with van der Waals surface area (Å²) in [5.41, 5.74) is 2.27. The lowest BCUT2D eigenvalue weighted by molar-refractivity contribution is 0.109. The van der Waals surface area contributed by atoms with Crippen LogP contribution in [0.2, 0.25) is 0 Å². The molecule has 2 atom stereocenters. The van der Waals surface area contributed by atoms with Crippen molar-refractivity contribution in [3.63, 3.8) is 0 Å². The number of nitrogens with zero attached hydrogens (tertiary/aromatic N) is 2. The van der Waals surface area contributed by atoms with Crippen LogP contribution in [0, 0.1) is 0 Å². The molecule has 0 spiro atoms. The average Bonchev–Trinajstić information content (AvgIpc) is 3.07. The minimum atomic E-state index is 0.397. The Balaban J connectivity index is 1.58. The molecule has 1 aromatic carbocycles. The summed E-state index contributed by atoms with van der Waals surface area (Å²) < 4.78 is 7.85. The number of rotatable bonds is 5. The van der Waals surface area contributed by atoms with E-state index in [0.29, 0.717) is 12.1 Å². The first kappa shape index (κ1) is 12.6. The van der Waals surface area contributed by atoms with Crippen molar-refractivity contribution >= 4 is 11.0 Å². The fraction of sp³-hybridized carbons (Fsp3) is 0.533. The second-order valence-corrected chi connectivity index (χ2v) is 5.28. The largest absolute Gasteiger partial charge is 0.377 e. The van der Waals surface area contributed by atoms with Crippen molar-refractivity contribution in [3.8, 4) is 0 Å². The molecule has 1 aliphatic heterocycles. The first-order chi connectivity index (χ1) is 9.34. The van der Waals surface area contributed by atoms with Gasteiger partial charge in [-0.05, 0) is 31.9 Å². The van der Waals surface area contributed by atoms with Gasteiger partial charge in [-0.1, -0.05) is 12.1 Å². The summed E-state index contributed by atoms with van der Waals surface area (Å²) in [5.74, 6) is 0. The van der Waals surface area contributed by atoms with Crippen LogP contribution in [-0.4, -0.2) is 35.4 Å². The molecule has 1 saturated heterocycles. The van der Waals surface area contributed by atoms with Gasteiger partial charge in [0.05, 0.1) is 23.5 Å². The SMILES string of the molecule is CC(CNCC1CCCO1)n1cnc2ccccc21. The van der Waals surface area contributed by atoms with Gasteiger partial charge in [-0.25, -0.2) is 4.98 Å². The summed E-state index contributed by atoms with van der Waals surface area (Å²) in [4.78, 5) is 4.44. The number of imidazole rings is 1. The van der Waals surface area contributed by atoms with Crippen LogP contribution in [0.3, 0.4) is 0 Å². The van der Waals surface area contributed by atoms with Crippen molar-refractivity contribution in [2.75, 3.05) is 19.7 Å². The van der Waals surface area contributed by atoms with Gasteiger partial charge in [0.15, 0.2) is 0 Å². The van der Waals surface area contributed by atoms with Gasteiger partial charge in [0.1, 0.15) is 0 Å². The summed E-state index contributed by atoms with van der Waals surface area (Å²) in [6.45, 7) is 5.04. The summed E-state index contributed by atoms with van der Waals surface area (Å²) in [6, 6.07) is 8.67. The maximum absolute atomic E-state index is 5.61. The Bertz CT molecular complexity index is 531. The highest BCUT2D eigenvalue weighted by Crippen LogP contribution is 2.17. The van der Waals surface area contributed by atoms with Gasteiger partial charge >= 0.3 is 0 Å². The number of nitrogens with one attached hydrogen (secondary N) is 1. The molecule has 1 aromatic heterocycles. The quantitative estimate of drug-likeness (QED) is 0.896. The molecule has 2 unspecified atom stereocenters. The van der Waals surface area contributed by atoms with Crippen molar-refractivity contribution in [3.05, 3.63) is 30.6 Å². The van der Waals surface area contributed by atoms with E-state index in [1.54, 1.807) is 0 Å². The Labute approximate surface area is 113 Å². The van der Waals surface area contributed by atoms with E-state index in [1.807, 2.05) is 12.4 Å². The maximum atomic E-state index is 5.61. The van der Waals surface area contributed by atoms with E-state index < -0.39 is 0 Å². The third-order valence-electron chi connectivity index (χ3n) is 3.79. The molecule has 0 radical (unpaired) electrons. The smallest absolute Gasteiger partial charge is 0.0961 e. The number of benzene rings is 1. The standard InChI is InChI=1S/C15H21N3O/c1-12(9-16-10-13-5-4-8-19-13)18-11-17-14-6-2-3-7-15(14)18/h2-3,6-7,11-13,16H,4-5,8-10H2,1H3. The Morgan fingerprint density at radius 2 is 2.37 bits per heavy atom. The maximum Gasteiger partial charge on any atom is 0.0961 e. The summed E-state index contributed by atoms with van der Waals surface area (Å²) in [7, 11) is 0. The van der Waals surface area contributed by atoms with Crippen molar-refractivity contribution in [1.82, 2.24) is 14.9 Å². The molecule has 4 nitrogen and oxygen atoms in total. The number of hydrogen-bond acceptors (Lipinski definition) is 3. The zero-order valence-corrected chi connectivity index (χ0v) is 11.4. The monoisotopic (exact) mass is 259 g/mol. The van der Waals surface area contributed by atoms with E-state index in [0.717, 1.165) is 25.2 Å². The lowest BCUT2D eigenvalue weighted by Crippen LogP contribution is -2.30. The number of fused-ring (bicyclic) bond motifs is 1. The first-order valence-corrected chi connectivity index (χ1v) is 7.08. The molecule has 0 bridgehead atoms. The van der Waals surface area contributed by atoms with Crippen molar-refractivity contribution in [1.29, 1.82) is 0 Å². The molecule has 2 heterocycles. The highest BCUT2D eigenvalue weighted by Gasteiger charge is 2.15. The summed E-state index contributed by atoms with van der Waals surface area (Å²) in [6.07, 6.45) is 4.73. The van der Waals surface area contributed by atoms with E-state index in [2.05, 4.69) is 40.0 Å². The second kappa shape index (κ2) is 5.72. The van der Waals surface area contributed by atoms with Crippen LogP contribution in [0.4, 0.5) is 0 Å². The van der Waals surface area contributed by atoms with Crippen molar-refractivity contribution in [2.45, 2.75) is 31.9 Å². The summed E-state index contributed by atoms with van der Waals surface area (Å²) >= 11 is 0. The Morgan fingerprint density at radius 3 is 3.21 bits per heavy atom. The Hall–Kier alpha value is -1.39. The van der Waals surface area contributed by atoms with Crippen LogP contribution in [0.15, 0.2) is 30.6 Å². The molecule has 102 valence electrons. The highest BCUT2D eigenvalue weighted by atomic mass is 16.5. The predicted molar refractivity (Wildman–Crippen MR) is 76.3 cm³/mol. The zero-order chi connectivity index (χ0) is 13.1. The fourth-order valence-electron chi connectivity index (χ4n) is 2.69. The van der Waals surface area contributed by atoms with Crippen LogP contribution in [0.25, 0.3) is 11.0 Å². The van der Waals surface area contributed by atoms with Gasteiger partial charge in [-0.2, -0.15) is 0 Å². The molecule has 4 heteroatoms. The molecule has 0 aliphatic carbocycles. The van der Waals surface area contributed by atoms with Gasteiger partial charge in [-0.3, -0.25) is 0 Å². The third-order valence-corrected chi connectivity index (χ3v) is 3.79. The van der Waals surface area contributed by atoms with Crippen LogP contribution in [-0.2, 0) is 4.74 Å². The zero-order valence-electron chi connectivity index (χ0n) is 11.4. The van der Waals surface area contributed by atoms with Crippen LogP contribution < -0.4 is 5.32 Å². The van der Waals surface area contributed by atoms with E-state index in [4.69, 9.17) is 4.74 Å². The topological polar surface area (TPSA) is 39.1 Å². The van der Waals surface area contributed by atoms with Crippen molar-refractivity contribution in [2.24, 2.45) is 0 Å². The Morgan fingerprint density at radius 1 is 1.47 bits per heavy atom. The normalized spacial score (nSPS) is 21.0. The number of ether oxygens (including phenoxy) is 1. The number of hydrogen-bond donors (Lipinski definition) is 1. The van der Waals surface area contributed by atoms with Gasteiger partial charge in [0, 0.05) is 25.7 Å². The molecule has 3 rings (SSSR count). The average molecular weight is 259 g/mol. The minimum Gasteiger partial charge on any atom is -0.377 e. The fourth-order valence-corrected chi connectivity index (χ4v) is 2.69. The summed E-state index contributed by atoms with van der Waals surface area (Å²) in [5, 5.41) is 3.51. The molecule has 1 N–H and O–H groups in total. The van der Waals surface area contributed by atoms with Gasteiger partial charge < -0.3 is 14.6 Å². The molecular weight excluding hydrogens is 238 g/mol. The molecule has 1 aliphatic rings. The van der Waals surface area contributed by atoms with E-state index in [9.17, 15) is 0 Å². The van der Waals surface area contributed by atoms with Crippen LogP contribution in [0.1, 0.15) is 25.8 Å². The molecular formula is C15H21N3O. The lowest BCUT2D eigenvalue weighted by Gasteiger charge is -2.17.